The second-order valence-electron chi connectivity index (χ2n) is 14.4. The lowest BCUT2D eigenvalue weighted by molar-refractivity contribution is 0.584. The van der Waals surface area contributed by atoms with Crippen LogP contribution in [0.5, 0.6) is 0 Å². The molecule has 0 aliphatic carbocycles. The minimum atomic E-state index is -3.44. The third-order valence-electron chi connectivity index (χ3n) is 8.55. The molecule has 244 valence electrons. The Kier molecular flexibility index (Phi) is 10.8. The monoisotopic (exact) mass is 688 g/mol. The zero-order valence-electron chi connectivity index (χ0n) is 28.4. The Labute approximate surface area is 289 Å². The maximum Gasteiger partial charge on any atom is 0.179 e. The van der Waals surface area contributed by atoms with Gasteiger partial charge >= 0.3 is 0 Å². The van der Waals surface area contributed by atoms with Crippen LogP contribution in [0.1, 0.15) is 98.1 Å². The van der Waals surface area contributed by atoms with Crippen LogP contribution in [0.2, 0.25) is 0 Å². The molecule has 0 saturated carbocycles. The molecule has 0 saturated heterocycles. The molecule has 0 unspecified atom stereocenters. The van der Waals surface area contributed by atoms with Gasteiger partial charge in [0.2, 0.25) is 0 Å². The fraction of sp³-hybridized carbons (Fsp3) is 0.400. The molecule has 2 nitrogen and oxygen atoms in total. The second kappa shape index (κ2) is 14.3. The number of benzene rings is 2. The van der Waals surface area contributed by atoms with E-state index < -0.39 is 9.84 Å². The molecule has 0 aliphatic rings. The van der Waals surface area contributed by atoms with Gasteiger partial charge in [-0.2, -0.15) is 0 Å². The first kappa shape index (κ1) is 34.8. The highest BCUT2D eigenvalue weighted by Crippen LogP contribution is 2.47. The van der Waals surface area contributed by atoms with Crippen molar-refractivity contribution in [1.82, 2.24) is 0 Å². The number of hydrogen-bond acceptors (Lipinski definition) is 5. The number of rotatable bonds is 12. The van der Waals surface area contributed by atoms with Gasteiger partial charge in [-0.05, 0) is 69.8 Å². The summed E-state index contributed by atoms with van der Waals surface area (Å²) in [7, 11) is -3.44. The first-order chi connectivity index (χ1) is 21.8. The lowest BCUT2D eigenvalue weighted by atomic mass is 9.86. The van der Waals surface area contributed by atoms with Gasteiger partial charge in [0.15, 0.2) is 9.84 Å². The van der Waals surface area contributed by atoms with Gasteiger partial charge in [-0.1, -0.05) is 129 Å². The lowest BCUT2D eigenvalue weighted by Crippen LogP contribution is -2.10. The Morgan fingerprint density at radius 3 is 1.50 bits per heavy atom. The van der Waals surface area contributed by atoms with Crippen molar-refractivity contribution in [3.05, 3.63) is 90.0 Å². The quantitative estimate of drug-likeness (QED) is 0.122. The highest BCUT2D eigenvalue weighted by molar-refractivity contribution is 7.91. The second-order valence-corrected chi connectivity index (χ2v) is 19.7. The van der Waals surface area contributed by atoms with Crippen LogP contribution >= 0.6 is 34.0 Å². The van der Waals surface area contributed by atoms with Gasteiger partial charge in [0, 0.05) is 24.4 Å². The fourth-order valence-corrected chi connectivity index (χ4v) is 11.0. The van der Waals surface area contributed by atoms with E-state index in [2.05, 4.69) is 121 Å². The number of unbranched alkanes of at least 4 members (excludes halogenated alkanes) is 5. The lowest BCUT2D eigenvalue weighted by Gasteiger charge is -2.19. The van der Waals surface area contributed by atoms with Gasteiger partial charge in [0.1, 0.15) is 0 Å². The molecular weight excluding hydrogens is 641 g/mol. The number of sulfone groups is 1. The molecular formula is C40H48O2S4. The highest BCUT2D eigenvalue weighted by atomic mass is 32.2. The van der Waals surface area contributed by atoms with Crippen molar-refractivity contribution in [3.8, 4) is 40.4 Å². The zero-order valence-corrected chi connectivity index (χ0v) is 31.7. The van der Waals surface area contributed by atoms with Gasteiger partial charge in [0.25, 0.3) is 0 Å². The topological polar surface area (TPSA) is 34.1 Å². The normalized spacial score (nSPS) is 12.6. The Bertz CT molecular complexity index is 1840. The van der Waals surface area contributed by atoms with Gasteiger partial charge in [-0.3, -0.25) is 0 Å². The summed E-state index contributed by atoms with van der Waals surface area (Å²) in [6.07, 6.45) is 6.35. The summed E-state index contributed by atoms with van der Waals surface area (Å²) in [6, 6.07) is 28.1. The first-order valence-corrected chi connectivity index (χ1v) is 20.7. The van der Waals surface area contributed by atoms with Crippen LogP contribution in [0.3, 0.4) is 0 Å². The SMILES string of the molecule is CCCCCCCCS(=O)(=O)c1cc(-c2ccc(-c3ccc(C(C)(C)C)cc3)s2)sc1-c1ccc(-c2ccc(C(C)(C)C)cc2)s1. The predicted molar refractivity (Wildman–Crippen MR) is 205 cm³/mol. The standard InChI is InChI=1S/C40H48O2S4/c1-8-9-10-11-12-13-26-46(41,42)37-27-36(34-24-22-32(43-34)28-14-18-30(19-15-28)39(2,3)4)45-38(37)35-25-23-33(44-35)29-16-20-31(21-17-29)40(5,6)7/h14-25,27H,8-13,26H2,1-7H3. The van der Waals surface area contributed by atoms with E-state index in [9.17, 15) is 8.42 Å². The summed E-state index contributed by atoms with van der Waals surface area (Å²) in [6.45, 7) is 15.6. The summed E-state index contributed by atoms with van der Waals surface area (Å²) < 4.78 is 27.8. The molecule has 5 aromatic rings. The van der Waals surface area contributed by atoms with Crippen LogP contribution in [-0.2, 0) is 20.7 Å². The maximum atomic E-state index is 13.9. The molecule has 46 heavy (non-hydrogen) atoms. The van der Waals surface area contributed by atoms with Crippen molar-refractivity contribution in [3.63, 3.8) is 0 Å². The van der Waals surface area contributed by atoms with Crippen LogP contribution in [0.15, 0.2) is 83.8 Å². The molecule has 6 heteroatoms. The average Bonchev–Trinajstić information content (AvgIpc) is 3.78. The maximum absolute atomic E-state index is 13.9. The highest BCUT2D eigenvalue weighted by Gasteiger charge is 2.25. The van der Waals surface area contributed by atoms with E-state index in [1.54, 1.807) is 34.0 Å². The minimum Gasteiger partial charge on any atom is -0.224 e. The van der Waals surface area contributed by atoms with Crippen LogP contribution in [-0.4, -0.2) is 14.2 Å². The van der Waals surface area contributed by atoms with Gasteiger partial charge in [-0.15, -0.1) is 34.0 Å². The molecule has 0 amide bonds. The van der Waals surface area contributed by atoms with Crippen molar-refractivity contribution >= 4 is 43.8 Å². The van der Waals surface area contributed by atoms with Gasteiger partial charge in [-0.25, -0.2) is 8.42 Å². The zero-order chi connectivity index (χ0) is 33.1. The van der Waals surface area contributed by atoms with E-state index >= 15 is 0 Å². The molecule has 3 heterocycles. The summed E-state index contributed by atoms with van der Waals surface area (Å²) in [5.41, 5.74) is 5.19. The van der Waals surface area contributed by atoms with E-state index in [1.165, 1.54) is 40.8 Å². The van der Waals surface area contributed by atoms with Crippen molar-refractivity contribution < 1.29 is 8.42 Å². The summed E-state index contributed by atoms with van der Waals surface area (Å²) in [4.78, 5) is 6.85. The molecule has 0 aliphatic heterocycles. The van der Waals surface area contributed by atoms with Crippen molar-refractivity contribution in [1.29, 1.82) is 0 Å². The summed E-state index contributed by atoms with van der Waals surface area (Å²) >= 11 is 5.03. The molecule has 0 N–H and O–H groups in total. The minimum absolute atomic E-state index is 0.101. The molecule has 3 aromatic heterocycles. The Morgan fingerprint density at radius 2 is 0.978 bits per heavy atom. The van der Waals surface area contributed by atoms with Gasteiger partial charge in [0.05, 0.1) is 15.5 Å². The van der Waals surface area contributed by atoms with Crippen molar-refractivity contribution in [2.24, 2.45) is 0 Å². The van der Waals surface area contributed by atoms with Crippen molar-refractivity contribution in [2.75, 3.05) is 5.75 Å². The largest absolute Gasteiger partial charge is 0.224 e. The summed E-state index contributed by atoms with van der Waals surface area (Å²) in [5, 5.41) is 0. The smallest absolute Gasteiger partial charge is 0.179 e. The van der Waals surface area contributed by atoms with Crippen molar-refractivity contribution in [2.45, 2.75) is 103 Å². The van der Waals surface area contributed by atoms with Crippen LogP contribution in [0.4, 0.5) is 0 Å². The Morgan fingerprint density at radius 1 is 0.522 bits per heavy atom. The molecule has 0 atom stereocenters. The van der Waals surface area contributed by atoms with Crippen LogP contribution < -0.4 is 0 Å². The number of hydrogen-bond donors (Lipinski definition) is 0. The molecule has 5 rings (SSSR count). The van der Waals surface area contributed by atoms with E-state index in [1.807, 2.05) is 6.07 Å². The van der Waals surface area contributed by atoms with Gasteiger partial charge < -0.3 is 0 Å². The Balaban J connectivity index is 1.47. The fourth-order valence-electron chi connectivity index (χ4n) is 5.59. The molecule has 0 fully saturated rings. The molecule has 0 spiro atoms. The molecule has 0 bridgehead atoms. The third-order valence-corrected chi connectivity index (χ3v) is 14.3. The van der Waals surface area contributed by atoms with E-state index in [0.717, 1.165) is 42.8 Å². The molecule has 0 radical (unpaired) electrons. The van der Waals surface area contributed by atoms with E-state index in [-0.39, 0.29) is 16.6 Å². The summed E-state index contributed by atoms with van der Waals surface area (Å²) in [5.74, 6) is 0.199. The average molecular weight is 689 g/mol. The third kappa shape index (κ3) is 8.31. The van der Waals surface area contributed by atoms with Crippen LogP contribution in [0, 0.1) is 0 Å². The molecule has 2 aromatic carbocycles. The number of thiophene rings is 3. The first-order valence-electron chi connectivity index (χ1n) is 16.5. The Hall–Kier alpha value is -2.51. The predicted octanol–water partition coefficient (Wildman–Crippen LogP) is 13.3. The van der Waals surface area contributed by atoms with E-state index in [0.29, 0.717) is 11.3 Å². The van der Waals surface area contributed by atoms with Crippen LogP contribution in [0.25, 0.3) is 40.4 Å². The van der Waals surface area contributed by atoms with E-state index in [4.69, 9.17) is 0 Å².